The van der Waals surface area contributed by atoms with Crippen LogP contribution in [-0.2, 0) is 0 Å². The summed E-state index contributed by atoms with van der Waals surface area (Å²) in [4.78, 5) is 0. The van der Waals surface area contributed by atoms with Crippen LogP contribution in [0.25, 0.3) is 0 Å². The van der Waals surface area contributed by atoms with Gasteiger partial charge in [0.1, 0.15) is 0 Å². The fourth-order valence-electron chi connectivity index (χ4n) is 2.16. The van der Waals surface area contributed by atoms with E-state index in [2.05, 4.69) is 56.4 Å². The Morgan fingerprint density at radius 1 is 1.11 bits per heavy atom. The predicted molar refractivity (Wildman–Crippen MR) is 77.8 cm³/mol. The largest absolute Gasteiger partial charge is 0.392 e. The Morgan fingerprint density at radius 2 is 1.78 bits per heavy atom. The zero-order valence-corrected chi connectivity index (χ0v) is 11.9. The van der Waals surface area contributed by atoms with Gasteiger partial charge < -0.3 is 10.4 Å². The van der Waals surface area contributed by atoms with Crippen LogP contribution >= 0.6 is 0 Å². The van der Waals surface area contributed by atoms with Gasteiger partial charge in [-0.1, -0.05) is 51.1 Å². The number of aliphatic hydroxyl groups is 1. The molecule has 0 heterocycles. The van der Waals surface area contributed by atoms with Crippen LogP contribution in [0.1, 0.15) is 45.1 Å². The van der Waals surface area contributed by atoms with Crippen molar-refractivity contribution in [1.82, 2.24) is 5.32 Å². The van der Waals surface area contributed by atoms with Gasteiger partial charge in [-0.3, -0.25) is 0 Å². The lowest BCUT2D eigenvalue weighted by molar-refractivity contribution is 0.146. The highest BCUT2D eigenvalue weighted by atomic mass is 16.3. The van der Waals surface area contributed by atoms with Crippen LogP contribution < -0.4 is 5.32 Å². The van der Waals surface area contributed by atoms with E-state index >= 15 is 0 Å². The second-order valence-corrected chi connectivity index (χ2v) is 5.59. The topological polar surface area (TPSA) is 32.3 Å². The van der Waals surface area contributed by atoms with E-state index < -0.39 is 0 Å². The average Bonchev–Trinajstić information content (AvgIpc) is 2.34. The van der Waals surface area contributed by atoms with Crippen LogP contribution in [0.5, 0.6) is 0 Å². The van der Waals surface area contributed by atoms with Gasteiger partial charge in [-0.15, -0.1) is 0 Å². The minimum absolute atomic E-state index is 0.211. The Labute approximate surface area is 111 Å². The van der Waals surface area contributed by atoms with E-state index in [9.17, 15) is 5.11 Å². The third-order valence-corrected chi connectivity index (χ3v) is 3.25. The van der Waals surface area contributed by atoms with Gasteiger partial charge in [-0.05, 0) is 36.8 Å². The predicted octanol–water partition coefficient (Wildman–Crippen LogP) is 3.18. The molecule has 0 aromatic heterocycles. The van der Waals surface area contributed by atoms with Gasteiger partial charge in [0.2, 0.25) is 0 Å². The van der Waals surface area contributed by atoms with E-state index in [0.717, 1.165) is 19.4 Å². The van der Waals surface area contributed by atoms with Crippen LogP contribution in [0.3, 0.4) is 0 Å². The van der Waals surface area contributed by atoms with Crippen molar-refractivity contribution >= 4 is 0 Å². The second kappa shape index (κ2) is 8.28. The van der Waals surface area contributed by atoms with Gasteiger partial charge in [-0.25, -0.2) is 0 Å². The molecule has 18 heavy (non-hydrogen) atoms. The number of benzene rings is 1. The van der Waals surface area contributed by atoms with Gasteiger partial charge >= 0.3 is 0 Å². The van der Waals surface area contributed by atoms with Crippen molar-refractivity contribution in [2.75, 3.05) is 13.1 Å². The molecule has 0 spiro atoms. The van der Waals surface area contributed by atoms with Gasteiger partial charge in [0.25, 0.3) is 0 Å². The zero-order valence-electron chi connectivity index (χ0n) is 11.9. The van der Waals surface area contributed by atoms with Crippen molar-refractivity contribution in [3.05, 3.63) is 35.9 Å². The van der Waals surface area contributed by atoms with Crippen LogP contribution in [0.15, 0.2) is 30.3 Å². The first-order chi connectivity index (χ1) is 8.59. The minimum Gasteiger partial charge on any atom is -0.392 e. The van der Waals surface area contributed by atoms with Gasteiger partial charge in [-0.2, -0.15) is 0 Å². The minimum atomic E-state index is -0.211. The maximum atomic E-state index is 9.74. The molecular formula is C16H27NO. The van der Waals surface area contributed by atoms with Crippen LogP contribution in [0.4, 0.5) is 0 Å². The second-order valence-electron chi connectivity index (χ2n) is 5.59. The molecule has 0 radical (unpaired) electrons. The van der Waals surface area contributed by atoms with Crippen molar-refractivity contribution in [2.45, 2.75) is 45.6 Å². The molecule has 0 aliphatic heterocycles. The lowest BCUT2D eigenvalue weighted by Crippen LogP contribution is -2.29. The molecule has 2 N–H and O–H groups in total. The highest BCUT2D eigenvalue weighted by Crippen LogP contribution is 2.17. The molecule has 1 rings (SSSR count). The lowest BCUT2D eigenvalue weighted by atomic mass is 9.98. The summed E-state index contributed by atoms with van der Waals surface area (Å²) in [7, 11) is 0. The zero-order chi connectivity index (χ0) is 13.4. The molecule has 2 atom stereocenters. The van der Waals surface area contributed by atoms with E-state index in [1.165, 1.54) is 5.56 Å². The molecule has 0 aliphatic rings. The fraction of sp³-hybridized carbons (Fsp3) is 0.625. The molecule has 0 fully saturated rings. The third-order valence-electron chi connectivity index (χ3n) is 3.25. The van der Waals surface area contributed by atoms with Crippen LogP contribution in [0, 0.1) is 5.92 Å². The third kappa shape index (κ3) is 6.18. The standard InChI is InChI=1S/C16H27NO/c1-13(2)11-16(18)12-17-10-9-14(3)15-7-5-4-6-8-15/h4-8,13-14,16-18H,9-12H2,1-3H3. The first kappa shape index (κ1) is 15.2. The van der Waals surface area contributed by atoms with Crippen molar-refractivity contribution in [3.63, 3.8) is 0 Å². The van der Waals surface area contributed by atoms with Crippen LogP contribution in [0.2, 0.25) is 0 Å². The quantitative estimate of drug-likeness (QED) is 0.694. The summed E-state index contributed by atoms with van der Waals surface area (Å²) in [6.07, 6.45) is 1.77. The van der Waals surface area contributed by atoms with E-state index in [0.29, 0.717) is 18.4 Å². The van der Waals surface area contributed by atoms with E-state index in [1.54, 1.807) is 0 Å². The Hall–Kier alpha value is -0.860. The first-order valence-corrected chi connectivity index (χ1v) is 7.03. The van der Waals surface area contributed by atoms with E-state index in [1.807, 2.05) is 0 Å². The lowest BCUT2D eigenvalue weighted by Gasteiger charge is -2.16. The Balaban J connectivity index is 2.15. The summed E-state index contributed by atoms with van der Waals surface area (Å²) < 4.78 is 0. The maximum Gasteiger partial charge on any atom is 0.0667 e. The van der Waals surface area contributed by atoms with Crippen molar-refractivity contribution in [3.8, 4) is 0 Å². The molecule has 2 heteroatoms. The number of hydrogen-bond acceptors (Lipinski definition) is 2. The van der Waals surface area contributed by atoms with Crippen molar-refractivity contribution in [1.29, 1.82) is 0 Å². The van der Waals surface area contributed by atoms with Gasteiger partial charge in [0, 0.05) is 6.54 Å². The first-order valence-electron chi connectivity index (χ1n) is 7.03. The Bertz CT molecular complexity index is 310. The monoisotopic (exact) mass is 249 g/mol. The molecule has 102 valence electrons. The summed E-state index contributed by atoms with van der Waals surface area (Å²) in [5.41, 5.74) is 1.39. The molecule has 0 saturated heterocycles. The number of aliphatic hydroxyl groups excluding tert-OH is 1. The Kier molecular flexibility index (Phi) is 6.99. The normalized spacial score (nSPS) is 14.7. The molecule has 2 unspecified atom stereocenters. The molecule has 2 nitrogen and oxygen atoms in total. The van der Waals surface area contributed by atoms with Gasteiger partial charge in [0.05, 0.1) is 6.10 Å². The fourth-order valence-corrected chi connectivity index (χ4v) is 2.16. The highest BCUT2D eigenvalue weighted by Gasteiger charge is 2.07. The number of rotatable bonds is 8. The number of nitrogens with one attached hydrogen (secondary N) is 1. The summed E-state index contributed by atoms with van der Waals surface area (Å²) in [5.74, 6) is 1.13. The van der Waals surface area contributed by atoms with Crippen molar-refractivity contribution < 1.29 is 5.11 Å². The maximum absolute atomic E-state index is 9.74. The molecule has 1 aromatic carbocycles. The Morgan fingerprint density at radius 3 is 2.39 bits per heavy atom. The molecule has 0 saturated carbocycles. The van der Waals surface area contributed by atoms with Crippen LogP contribution in [-0.4, -0.2) is 24.3 Å². The molecule has 1 aromatic rings. The molecule has 0 bridgehead atoms. The van der Waals surface area contributed by atoms with Gasteiger partial charge in [0.15, 0.2) is 0 Å². The summed E-state index contributed by atoms with van der Waals surface area (Å²) in [6.45, 7) is 8.20. The smallest absolute Gasteiger partial charge is 0.0667 e. The number of hydrogen-bond donors (Lipinski definition) is 2. The SMILES string of the molecule is CC(C)CC(O)CNCCC(C)c1ccccc1. The highest BCUT2D eigenvalue weighted by molar-refractivity contribution is 5.18. The van der Waals surface area contributed by atoms with Crippen molar-refractivity contribution in [2.24, 2.45) is 5.92 Å². The molecular weight excluding hydrogens is 222 g/mol. The summed E-state index contributed by atoms with van der Waals surface area (Å²) in [5, 5.41) is 13.1. The van der Waals surface area contributed by atoms with E-state index in [4.69, 9.17) is 0 Å². The molecule has 0 amide bonds. The van der Waals surface area contributed by atoms with E-state index in [-0.39, 0.29) is 6.10 Å². The molecule has 0 aliphatic carbocycles. The average molecular weight is 249 g/mol. The summed E-state index contributed by atoms with van der Waals surface area (Å²) >= 11 is 0. The summed E-state index contributed by atoms with van der Waals surface area (Å²) in [6, 6.07) is 10.6.